The molecule has 2 heterocycles. The van der Waals surface area contributed by atoms with Crippen LogP contribution in [0.1, 0.15) is 12.1 Å². The number of nitrogens with one attached hydrogen (secondary N) is 2. The van der Waals surface area contributed by atoms with E-state index in [0.29, 0.717) is 31.6 Å². The van der Waals surface area contributed by atoms with Gasteiger partial charge in [-0.25, -0.2) is 4.98 Å². The molecule has 1 aliphatic heterocycles. The Hall–Kier alpha value is -2.79. The van der Waals surface area contributed by atoms with Gasteiger partial charge in [0.15, 0.2) is 0 Å². The van der Waals surface area contributed by atoms with Gasteiger partial charge in [-0.05, 0) is 13.5 Å². The fourth-order valence-corrected chi connectivity index (χ4v) is 2.35. The molecule has 5 N–H and O–H groups in total. The van der Waals surface area contributed by atoms with Crippen LogP contribution < -0.4 is 10.9 Å². The smallest absolute Gasteiger partial charge is 0.290 e. The van der Waals surface area contributed by atoms with Crippen molar-refractivity contribution in [1.29, 1.82) is 0 Å². The molecular formula is C15H24N4O7. The number of aliphatic hydroxyl groups excluding tert-OH is 1. The Balaban J connectivity index is 0.000000918. The van der Waals surface area contributed by atoms with E-state index in [1.54, 1.807) is 0 Å². The standard InChI is InChI=1S/C13H20N4O3.2CH2O2/c1-17-5-3-11(18)10(7-17)13(20)14-4-2-9-6-12(19)16-8-15-9;2*2-1-3/h6,8,10-11,18H,2-5,7H2,1H3,(H,14,20)(H,15,16,19);2*1H,(H,2,3)/t10-,11+;;/m1../s1. The van der Waals surface area contributed by atoms with E-state index in [1.807, 2.05) is 11.9 Å². The summed E-state index contributed by atoms with van der Waals surface area (Å²) in [4.78, 5) is 48.3. The van der Waals surface area contributed by atoms with E-state index in [4.69, 9.17) is 19.8 Å². The van der Waals surface area contributed by atoms with Gasteiger partial charge >= 0.3 is 0 Å². The van der Waals surface area contributed by atoms with Crippen molar-refractivity contribution in [3.8, 4) is 0 Å². The molecular weight excluding hydrogens is 348 g/mol. The van der Waals surface area contributed by atoms with E-state index in [0.717, 1.165) is 6.54 Å². The molecule has 0 bridgehead atoms. The Kier molecular flexibility index (Phi) is 12.0. The van der Waals surface area contributed by atoms with Crippen LogP contribution in [0.15, 0.2) is 17.2 Å². The number of rotatable bonds is 4. The van der Waals surface area contributed by atoms with E-state index < -0.39 is 6.10 Å². The summed E-state index contributed by atoms with van der Waals surface area (Å²) < 4.78 is 0. The number of piperidine rings is 1. The van der Waals surface area contributed by atoms with Crippen molar-refractivity contribution in [3.05, 3.63) is 28.4 Å². The molecule has 1 fully saturated rings. The Morgan fingerprint density at radius 3 is 2.62 bits per heavy atom. The third kappa shape index (κ3) is 9.49. The average Bonchev–Trinajstić information content (AvgIpc) is 2.58. The van der Waals surface area contributed by atoms with Gasteiger partial charge in [-0.1, -0.05) is 0 Å². The molecule has 1 amide bonds. The third-order valence-electron chi connectivity index (χ3n) is 3.53. The number of hydrogen-bond donors (Lipinski definition) is 5. The number of H-pyrrole nitrogens is 1. The SMILES string of the molecule is CN1CC[C@H](O)[C@H](C(=O)NCCc2cc(=O)[nH]cn2)C1.O=CO.O=CO. The summed E-state index contributed by atoms with van der Waals surface area (Å²) >= 11 is 0. The lowest BCUT2D eigenvalue weighted by molar-refractivity contribution is -0.131. The predicted octanol–water partition coefficient (Wildman–Crippen LogP) is -1.86. The first-order valence-electron chi connectivity index (χ1n) is 7.73. The number of hydrogen-bond acceptors (Lipinski definition) is 7. The van der Waals surface area contributed by atoms with Gasteiger partial charge in [-0.2, -0.15) is 0 Å². The van der Waals surface area contributed by atoms with Crippen LogP contribution >= 0.6 is 0 Å². The minimum Gasteiger partial charge on any atom is -0.483 e. The molecule has 0 aromatic carbocycles. The van der Waals surface area contributed by atoms with Crippen LogP contribution in [-0.4, -0.2) is 81.8 Å². The third-order valence-corrected chi connectivity index (χ3v) is 3.53. The molecule has 11 heteroatoms. The lowest BCUT2D eigenvalue weighted by Crippen LogP contribution is -2.49. The second-order valence-corrected chi connectivity index (χ2v) is 5.38. The molecule has 0 aliphatic carbocycles. The van der Waals surface area contributed by atoms with Crippen LogP contribution in [0.5, 0.6) is 0 Å². The fourth-order valence-electron chi connectivity index (χ4n) is 2.35. The zero-order chi connectivity index (χ0) is 19.9. The van der Waals surface area contributed by atoms with Gasteiger partial charge in [0.25, 0.3) is 18.5 Å². The number of aliphatic hydroxyl groups is 1. The number of aromatic amines is 1. The van der Waals surface area contributed by atoms with Crippen molar-refractivity contribution in [2.24, 2.45) is 5.92 Å². The summed E-state index contributed by atoms with van der Waals surface area (Å²) in [6.07, 6.45) is 1.88. The highest BCUT2D eigenvalue weighted by atomic mass is 16.3. The quantitative estimate of drug-likeness (QED) is 0.380. The Labute approximate surface area is 149 Å². The minimum absolute atomic E-state index is 0.145. The zero-order valence-electron chi connectivity index (χ0n) is 14.4. The molecule has 2 atom stereocenters. The monoisotopic (exact) mass is 372 g/mol. The van der Waals surface area contributed by atoms with Gasteiger partial charge in [0, 0.05) is 37.8 Å². The van der Waals surface area contributed by atoms with Crippen molar-refractivity contribution < 1.29 is 29.7 Å². The van der Waals surface area contributed by atoms with Crippen LogP contribution in [-0.2, 0) is 20.8 Å². The van der Waals surface area contributed by atoms with Crippen LogP contribution in [0.3, 0.4) is 0 Å². The minimum atomic E-state index is -0.580. The van der Waals surface area contributed by atoms with Crippen molar-refractivity contribution in [1.82, 2.24) is 20.2 Å². The number of amides is 1. The number of carbonyl (C=O) groups is 3. The van der Waals surface area contributed by atoms with Crippen molar-refractivity contribution in [2.45, 2.75) is 18.9 Å². The fraction of sp³-hybridized carbons (Fsp3) is 0.533. The molecule has 0 radical (unpaired) electrons. The van der Waals surface area contributed by atoms with E-state index in [1.165, 1.54) is 12.4 Å². The molecule has 26 heavy (non-hydrogen) atoms. The first-order valence-corrected chi connectivity index (χ1v) is 7.73. The maximum atomic E-state index is 12.0. The molecule has 1 aliphatic rings. The molecule has 1 saturated heterocycles. The summed E-state index contributed by atoms with van der Waals surface area (Å²) in [7, 11) is 1.94. The molecule has 1 aromatic rings. The van der Waals surface area contributed by atoms with Crippen LogP contribution in [0.2, 0.25) is 0 Å². The molecule has 0 spiro atoms. The maximum Gasteiger partial charge on any atom is 0.290 e. The predicted molar refractivity (Wildman–Crippen MR) is 90.6 cm³/mol. The van der Waals surface area contributed by atoms with Crippen molar-refractivity contribution >= 4 is 18.9 Å². The molecule has 1 aromatic heterocycles. The lowest BCUT2D eigenvalue weighted by Gasteiger charge is -2.32. The van der Waals surface area contributed by atoms with E-state index >= 15 is 0 Å². The first-order chi connectivity index (χ1) is 12.4. The highest BCUT2D eigenvalue weighted by Crippen LogP contribution is 2.15. The van der Waals surface area contributed by atoms with Gasteiger partial charge < -0.3 is 30.5 Å². The number of carboxylic acid groups (broad SMARTS) is 2. The van der Waals surface area contributed by atoms with Crippen LogP contribution in [0.25, 0.3) is 0 Å². The molecule has 11 nitrogen and oxygen atoms in total. The van der Waals surface area contributed by atoms with Crippen LogP contribution in [0, 0.1) is 5.92 Å². The molecule has 146 valence electrons. The number of likely N-dealkylation sites (tertiary alicyclic amines) is 1. The van der Waals surface area contributed by atoms with E-state index in [-0.39, 0.29) is 30.3 Å². The molecule has 0 saturated carbocycles. The Morgan fingerprint density at radius 1 is 1.42 bits per heavy atom. The largest absolute Gasteiger partial charge is 0.483 e. The van der Waals surface area contributed by atoms with Gasteiger partial charge in [0.1, 0.15) is 0 Å². The summed E-state index contributed by atoms with van der Waals surface area (Å²) in [6.45, 7) is 1.28. The topological polar surface area (TPSA) is 173 Å². The van der Waals surface area contributed by atoms with Gasteiger partial charge in [0.2, 0.25) is 5.91 Å². The van der Waals surface area contributed by atoms with Gasteiger partial charge in [0.05, 0.1) is 18.3 Å². The number of carbonyl (C=O) groups excluding carboxylic acids is 1. The number of nitrogens with zero attached hydrogens (tertiary/aromatic N) is 2. The highest BCUT2D eigenvalue weighted by molar-refractivity contribution is 5.79. The van der Waals surface area contributed by atoms with Gasteiger partial charge in [-0.15, -0.1) is 0 Å². The molecule has 0 unspecified atom stereocenters. The zero-order valence-corrected chi connectivity index (χ0v) is 14.4. The first kappa shape index (κ1) is 23.2. The lowest BCUT2D eigenvalue weighted by atomic mass is 9.94. The van der Waals surface area contributed by atoms with E-state index in [9.17, 15) is 14.7 Å². The second-order valence-electron chi connectivity index (χ2n) is 5.38. The second kappa shape index (κ2) is 13.5. The van der Waals surface area contributed by atoms with Crippen molar-refractivity contribution in [2.75, 3.05) is 26.7 Å². The van der Waals surface area contributed by atoms with Crippen LogP contribution in [0.4, 0.5) is 0 Å². The maximum absolute atomic E-state index is 12.0. The van der Waals surface area contributed by atoms with E-state index in [2.05, 4.69) is 15.3 Å². The summed E-state index contributed by atoms with van der Waals surface area (Å²) in [5, 5.41) is 26.4. The average molecular weight is 372 g/mol. The molecule has 2 rings (SSSR count). The summed E-state index contributed by atoms with van der Waals surface area (Å²) in [5.41, 5.74) is 0.431. The summed E-state index contributed by atoms with van der Waals surface area (Å²) in [6, 6.07) is 1.41. The van der Waals surface area contributed by atoms with Crippen molar-refractivity contribution in [3.63, 3.8) is 0 Å². The number of aromatic nitrogens is 2. The highest BCUT2D eigenvalue weighted by Gasteiger charge is 2.31. The summed E-state index contributed by atoms with van der Waals surface area (Å²) in [5.74, 6) is -0.533. The normalized spacial score (nSPS) is 19.0. The van der Waals surface area contributed by atoms with Gasteiger partial charge in [-0.3, -0.25) is 19.2 Å². The Bertz CT molecular complexity index is 602. The Morgan fingerprint density at radius 2 is 2.04 bits per heavy atom.